The van der Waals surface area contributed by atoms with Gasteiger partial charge in [0.2, 0.25) is 0 Å². The second-order valence-corrected chi connectivity index (χ2v) is 5.85. The van der Waals surface area contributed by atoms with Crippen LogP contribution in [0.15, 0.2) is 72.8 Å². The molecule has 0 spiro atoms. The Hall–Kier alpha value is -2.74. The number of fused-ring (bicyclic) bond motifs is 3. The Kier molecular flexibility index (Phi) is 3.51. The van der Waals surface area contributed by atoms with Gasteiger partial charge in [0.1, 0.15) is 12.4 Å². The van der Waals surface area contributed by atoms with Gasteiger partial charge < -0.3 is 9.30 Å². The Balaban J connectivity index is 1.63. The van der Waals surface area contributed by atoms with Gasteiger partial charge in [-0.25, -0.2) is 0 Å². The lowest BCUT2D eigenvalue weighted by Crippen LogP contribution is -2.07. The topological polar surface area (TPSA) is 14.2 Å². The van der Waals surface area contributed by atoms with Gasteiger partial charge in [-0.2, -0.15) is 0 Å². The van der Waals surface area contributed by atoms with Crippen LogP contribution >= 0.6 is 0 Å². The van der Waals surface area contributed by atoms with E-state index in [9.17, 15) is 0 Å². The van der Waals surface area contributed by atoms with Crippen LogP contribution < -0.4 is 4.74 Å². The van der Waals surface area contributed by atoms with Crippen LogP contribution in [0.2, 0.25) is 0 Å². The van der Waals surface area contributed by atoms with Crippen molar-refractivity contribution in [2.45, 2.75) is 13.5 Å². The fraction of sp³-hybridized carbons (Fsp3) is 0.143. The van der Waals surface area contributed by atoms with E-state index in [-0.39, 0.29) is 0 Å². The summed E-state index contributed by atoms with van der Waals surface area (Å²) in [6, 6.07) is 25.3. The normalized spacial score (nSPS) is 11.2. The summed E-state index contributed by atoms with van der Waals surface area (Å²) in [5, 5.41) is 2.61. The van der Waals surface area contributed by atoms with Gasteiger partial charge in [0.15, 0.2) is 0 Å². The van der Waals surface area contributed by atoms with E-state index in [1.807, 2.05) is 12.1 Å². The number of hydrogen-bond acceptors (Lipinski definition) is 1. The number of aromatic nitrogens is 1. The smallest absolute Gasteiger partial charge is 0.119 e. The lowest BCUT2D eigenvalue weighted by Gasteiger charge is -2.10. The molecular weight excluding hydrogens is 282 g/mol. The lowest BCUT2D eigenvalue weighted by molar-refractivity contribution is 0.302. The third-order valence-corrected chi connectivity index (χ3v) is 4.28. The van der Waals surface area contributed by atoms with Crippen LogP contribution in [0.3, 0.4) is 0 Å². The minimum atomic E-state index is 0.658. The summed E-state index contributed by atoms with van der Waals surface area (Å²) >= 11 is 0. The number of para-hydroxylation sites is 2. The monoisotopic (exact) mass is 301 g/mol. The summed E-state index contributed by atoms with van der Waals surface area (Å²) in [6.07, 6.45) is 0. The molecule has 0 aliphatic heterocycles. The van der Waals surface area contributed by atoms with Crippen molar-refractivity contribution in [1.82, 2.24) is 4.57 Å². The molecule has 1 heterocycles. The highest BCUT2D eigenvalue weighted by molar-refractivity contribution is 6.07. The van der Waals surface area contributed by atoms with E-state index < -0.39 is 0 Å². The molecule has 0 bridgehead atoms. The minimum Gasteiger partial charge on any atom is -0.492 e. The molecule has 3 aromatic carbocycles. The van der Waals surface area contributed by atoms with Crippen molar-refractivity contribution < 1.29 is 4.74 Å². The van der Waals surface area contributed by atoms with Gasteiger partial charge >= 0.3 is 0 Å². The average Bonchev–Trinajstić information content (AvgIpc) is 2.91. The van der Waals surface area contributed by atoms with Crippen molar-refractivity contribution in [3.63, 3.8) is 0 Å². The molecule has 0 fully saturated rings. The van der Waals surface area contributed by atoms with Crippen LogP contribution in [-0.2, 0) is 6.54 Å². The molecule has 0 aliphatic carbocycles. The molecule has 0 aliphatic rings. The first kappa shape index (κ1) is 13.9. The van der Waals surface area contributed by atoms with Gasteiger partial charge in [-0.05, 0) is 31.2 Å². The first-order chi connectivity index (χ1) is 11.3. The molecule has 0 amide bonds. The molecule has 0 N–H and O–H groups in total. The van der Waals surface area contributed by atoms with Gasteiger partial charge in [0.05, 0.1) is 6.54 Å². The summed E-state index contributed by atoms with van der Waals surface area (Å²) in [5.41, 5.74) is 3.78. The predicted octanol–water partition coefficient (Wildman–Crippen LogP) is 5.18. The molecule has 2 nitrogen and oxygen atoms in total. The average molecular weight is 301 g/mol. The van der Waals surface area contributed by atoms with E-state index in [0.717, 1.165) is 12.3 Å². The maximum absolute atomic E-state index is 5.91. The first-order valence-electron chi connectivity index (χ1n) is 7.98. The SMILES string of the molecule is Cc1ccc(OCCn2c3ccccc3c3ccccc32)cc1. The highest BCUT2D eigenvalue weighted by Gasteiger charge is 2.09. The molecule has 0 unspecified atom stereocenters. The summed E-state index contributed by atoms with van der Waals surface area (Å²) in [7, 11) is 0. The van der Waals surface area contributed by atoms with Crippen molar-refractivity contribution in [2.24, 2.45) is 0 Å². The molecule has 114 valence electrons. The highest BCUT2D eigenvalue weighted by Crippen LogP contribution is 2.28. The van der Waals surface area contributed by atoms with E-state index in [4.69, 9.17) is 4.74 Å². The third-order valence-electron chi connectivity index (χ3n) is 4.28. The maximum Gasteiger partial charge on any atom is 0.119 e. The van der Waals surface area contributed by atoms with E-state index >= 15 is 0 Å². The molecule has 0 atom stereocenters. The number of ether oxygens (including phenoxy) is 1. The van der Waals surface area contributed by atoms with Gasteiger partial charge in [-0.15, -0.1) is 0 Å². The van der Waals surface area contributed by atoms with Crippen LogP contribution in [0.25, 0.3) is 21.8 Å². The van der Waals surface area contributed by atoms with Gasteiger partial charge in [-0.3, -0.25) is 0 Å². The number of benzene rings is 3. The van der Waals surface area contributed by atoms with Crippen molar-refractivity contribution in [2.75, 3.05) is 6.61 Å². The van der Waals surface area contributed by atoms with E-state index in [2.05, 4.69) is 72.2 Å². The van der Waals surface area contributed by atoms with Crippen LogP contribution in [-0.4, -0.2) is 11.2 Å². The second kappa shape index (κ2) is 5.81. The Morgan fingerprint density at radius 2 is 1.30 bits per heavy atom. The number of aryl methyl sites for hydroxylation is 1. The number of rotatable bonds is 4. The fourth-order valence-electron chi connectivity index (χ4n) is 3.13. The zero-order valence-electron chi connectivity index (χ0n) is 13.2. The van der Waals surface area contributed by atoms with Crippen molar-refractivity contribution in [1.29, 1.82) is 0 Å². The largest absolute Gasteiger partial charge is 0.492 e. The molecule has 0 radical (unpaired) electrons. The summed E-state index contributed by atoms with van der Waals surface area (Å²) in [5.74, 6) is 0.927. The number of hydrogen-bond donors (Lipinski definition) is 0. The maximum atomic E-state index is 5.91. The Labute approximate surface area is 135 Å². The summed E-state index contributed by atoms with van der Waals surface area (Å²) < 4.78 is 8.26. The first-order valence-corrected chi connectivity index (χ1v) is 7.98. The Bertz CT molecular complexity index is 897. The zero-order valence-corrected chi connectivity index (χ0v) is 13.2. The van der Waals surface area contributed by atoms with Crippen LogP contribution in [0.4, 0.5) is 0 Å². The van der Waals surface area contributed by atoms with Crippen molar-refractivity contribution in [3.05, 3.63) is 78.4 Å². The lowest BCUT2D eigenvalue weighted by atomic mass is 10.2. The molecule has 23 heavy (non-hydrogen) atoms. The van der Waals surface area contributed by atoms with Gasteiger partial charge in [-0.1, -0.05) is 54.1 Å². The molecule has 1 aromatic heterocycles. The summed E-state index contributed by atoms with van der Waals surface area (Å²) in [6.45, 7) is 3.58. The van der Waals surface area contributed by atoms with Crippen molar-refractivity contribution >= 4 is 21.8 Å². The Morgan fingerprint density at radius 1 is 0.739 bits per heavy atom. The van der Waals surface area contributed by atoms with Crippen LogP contribution in [0.1, 0.15) is 5.56 Å². The standard InChI is InChI=1S/C21H19NO/c1-16-10-12-17(13-11-16)23-15-14-22-20-8-4-2-6-18(20)19-7-3-5-9-21(19)22/h2-13H,14-15H2,1H3. The summed E-state index contributed by atoms with van der Waals surface area (Å²) in [4.78, 5) is 0. The quantitative estimate of drug-likeness (QED) is 0.506. The highest BCUT2D eigenvalue weighted by atomic mass is 16.5. The molecular formula is C21H19NO. The molecule has 2 heteroatoms. The molecule has 0 saturated heterocycles. The minimum absolute atomic E-state index is 0.658. The molecule has 4 rings (SSSR count). The Morgan fingerprint density at radius 3 is 1.91 bits per heavy atom. The second-order valence-electron chi connectivity index (χ2n) is 5.85. The van der Waals surface area contributed by atoms with Crippen LogP contribution in [0.5, 0.6) is 5.75 Å². The van der Waals surface area contributed by atoms with E-state index in [1.165, 1.54) is 27.4 Å². The zero-order chi connectivity index (χ0) is 15.6. The van der Waals surface area contributed by atoms with Crippen LogP contribution in [0, 0.1) is 6.92 Å². The van der Waals surface area contributed by atoms with E-state index in [1.54, 1.807) is 0 Å². The van der Waals surface area contributed by atoms with Gasteiger partial charge in [0, 0.05) is 21.8 Å². The van der Waals surface area contributed by atoms with E-state index in [0.29, 0.717) is 6.61 Å². The molecule has 0 saturated carbocycles. The van der Waals surface area contributed by atoms with Gasteiger partial charge in [0.25, 0.3) is 0 Å². The molecule has 4 aromatic rings. The number of nitrogens with zero attached hydrogens (tertiary/aromatic N) is 1. The predicted molar refractivity (Wildman–Crippen MR) is 96.1 cm³/mol. The fourth-order valence-corrected chi connectivity index (χ4v) is 3.13. The van der Waals surface area contributed by atoms with Crippen molar-refractivity contribution in [3.8, 4) is 5.75 Å². The third kappa shape index (κ3) is 2.57.